The predicted molar refractivity (Wildman–Crippen MR) is 93.0 cm³/mol. The van der Waals surface area contributed by atoms with Crippen molar-refractivity contribution in [3.63, 3.8) is 0 Å². The van der Waals surface area contributed by atoms with Gasteiger partial charge in [-0.25, -0.2) is 26.9 Å². The second-order valence-corrected chi connectivity index (χ2v) is 7.89. The number of aromatic nitrogens is 2. The van der Waals surface area contributed by atoms with E-state index in [1.165, 1.54) is 29.9 Å². The highest BCUT2D eigenvalue weighted by Gasteiger charge is 2.34. The molecule has 2 rings (SSSR count). The van der Waals surface area contributed by atoms with Gasteiger partial charge in [0.2, 0.25) is 10.0 Å². The number of nitrogens with zero attached hydrogens (tertiary/aromatic N) is 2. The number of pyridine rings is 1. The molecule has 2 aromatic rings. The molecule has 11 heteroatoms. The quantitative estimate of drug-likeness (QED) is 0.721. The second kappa shape index (κ2) is 7.29. The molecule has 0 aliphatic heterocycles. The fourth-order valence-electron chi connectivity index (χ4n) is 1.99. The molecule has 0 saturated carbocycles. The molecule has 142 valence electrons. The van der Waals surface area contributed by atoms with Gasteiger partial charge >= 0.3 is 0 Å². The van der Waals surface area contributed by atoms with Gasteiger partial charge in [-0.2, -0.15) is 0 Å². The molecule has 0 spiro atoms. The van der Waals surface area contributed by atoms with Gasteiger partial charge in [-0.1, -0.05) is 11.6 Å². The van der Waals surface area contributed by atoms with Gasteiger partial charge < -0.3 is 9.88 Å². The number of hydrogen-bond acceptors (Lipinski definition) is 4. The SMILES string of the molecule is C[C@@H](NS(=O)(=O)c1cc(C(=O)Nc2ccnc(Cl)c2)n(C)c1)C(C)(F)F. The Labute approximate surface area is 154 Å². The van der Waals surface area contributed by atoms with Crippen LogP contribution >= 0.6 is 11.6 Å². The number of alkyl halides is 2. The van der Waals surface area contributed by atoms with E-state index < -0.39 is 27.9 Å². The number of aryl methyl sites for hydroxylation is 1. The number of rotatable bonds is 6. The predicted octanol–water partition coefficient (Wildman–Crippen LogP) is 2.65. The largest absolute Gasteiger partial charge is 0.345 e. The molecule has 0 radical (unpaired) electrons. The first-order chi connectivity index (χ1) is 11.9. The van der Waals surface area contributed by atoms with Crippen molar-refractivity contribution in [3.05, 3.63) is 41.4 Å². The van der Waals surface area contributed by atoms with Crippen molar-refractivity contribution in [1.29, 1.82) is 0 Å². The van der Waals surface area contributed by atoms with Gasteiger partial charge in [-0.3, -0.25) is 4.79 Å². The number of carbonyl (C=O) groups excluding carboxylic acids is 1. The van der Waals surface area contributed by atoms with Gasteiger partial charge in [-0.05, 0) is 25.1 Å². The molecular formula is C15H17ClF2N4O3S. The first kappa shape index (κ1) is 20.3. The van der Waals surface area contributed by atoms with Gasteiger partial charge in [0.25, 0.3) is 11.8 Å². The number of nitrogens with one attached hydrogen (secondary N) is 2. The molecule has 2 heterocycles. The average Bonchev–Trinajstić information content (AvgIpc) is 2.89. The molecule has 1 amide bonds. The number of sulfonamides is 1. The molecule has 0 bridgehead atoms. The van der Waals surface area contributed by atoms with Gasteiger partial charge in [0.05, 0.1) is 6.04 Å². The van der Waals surface area contributed by atoms with Crippen molar-refractivity contribution >= 4 is 33.2 Å². The third-order valence-corrected chi connectivity index (χ3v) is 5.31. The van der Waals surface area contributed by atoms with Gasteiger partial charge in [0.1, 0.15) is 15.7 Å². The maximum Gasteiger partial charge on any atom is 0.272 e. The van der Waals surface area contributed by atoms with Crippen LogP contribution in [0, 0.1) is 0 Å². The second-order valence-electron chi connectivity index (χ2n) is 5.79. The minimum Gasteiger partial charge on any atom is -0.345 e. The molecule has 0 aliphatic carbocycles. The Morgan fingerprint density at radius 2 is 2.04 bits per heavy atom. The molecule has 0 unspecified atom stereocenters. The number of amides is 1. The van der Waals surface area contributed by atoms with Crippen molar-refractivity contribution < 1.29 is 22.0 Å². The lowest BCUT2D eigenvalue weighted by atomic mass is 10.2. The summed E-state index contributed by atoms with van der Waals surface area (Å²) in [6.07, 6.45) is 2.56. The lowest BCUT2D eigenvalue weighted by Crippen LogP contribution is -2.43. The van der Waals surface area contributed by atoms with E-state index in [1.807, 2.05) is 4.72 Å². The highest BCUT2D eigenvalue weighted by Crippen LogP contribution is 2.21. The maximum atomic E-state index is 13.2. The Morgan fingerprint density at radius 3 is 2.62 bits per heavy atom. The lowest BCUT2D eigenvalue weighted by Gasteiger charge is -2.20. The zero-order chi connectivity index (χ0) is 19.7. The summed E-state index contributed by atoms with van der Waals surface area (Å²) >= 11 is 5.74. The van der Waals surface area contributed by atoms with Crippen LogP contribution in [0.5, 0.6) is 0 Å². The Balaban J connectivity index is 2.24. The molecular weight excluding hydrogens is 390 g/mol. The summed E-state index contributed by atoms with van der Waals surface area (Å²) in [4.78, 5) is 15.8. The number of carbonyl (C=O) groups is 1. The van der Waals surface area contributed by atoms with Gasteiger partial charge in [0.15, 0.2) is 0 Å². The van der Waals surface area contributed by atoms with E-state index in [0.29, 0.717) is 12.6 Å². The first-order valence-corrected chi connectivity index (χ1v) is 9.25. The summed E-state index contributed by atoms with van der Waals surface area (Å²) in [6, 6.07) is 2.42. The van der Waals surface area contributed by atoms with Crippen molar-refractivity contribution in [2.75, 3.05) is 5.32 Å². The number of anilines is 1. The van der Waals surface area contributed by atoms with E-state index in [2.05, 4.69) is 10.3 Å². The van der Waals surface area contributed by atoms with Crippen LogP contribution in [0.15, 0.2) is 35.5 Å². The summed E-state index contributed by atoms with van der Waals surface area (Å²) in [7, 11) is -2.76. The van der Waals surface area contributed by atoms with E-state index in [9.17, 15) is 22.0 Å². The average molecular weight is 407 g/mol. The van der Waals surface area contributed by atoms with Gasteiger partial charge in [-0.15, -0.1) is 0 Å². The van der Waals surface area contributed by atoms with Crippen molar-refractivity contribution in [2.24, 2.45) is 7.05 Å². The van der Waals surface area contributed by atoms with Crippen molar-refractivity contribution in [2.45, 2.75) is 30.7 Å². The van der Waals surface area contributed by atoms with E-state index in [-0.39, 0.29) is 15.7 Å². The van der Waals surface area contributed by atoms with Crippen LogP contribution in [0.2, 0.25) is 5.15 Å². The first-order valence-electron chi connectivity index (χ1n) is 7.39. The summed E-state index contributed by atoms with van der Waals surface area (Å²) in [5.74, 6) is -3.83. The normalized spacial score (nSPS) is 13.5. The van der Waals surface area contributed by atoms with E-state index in [1.54, 1.807) is 0 Å². The summed E-state index contributed by atoms with van der Waals surface area (Å²) in [5, 5.41) is 2.73. The zero-order valence-electron chi connectivity index (χ0n) is 14.1. The molecule has 2 aromatic heterocycles. The topological polar surface area (TPSA) is 93.1 Å². The molecule has 0 aliphatic rings. The third kappa shape index (κ3) is 4.77. The standard InChI is InChI=1S/C15H17ClF2N4O3S/c1-9(15(2,17)18)21-26(24,25)11-7-12(22(3)8-11)14(23)20-10-4-5-19-13(16)6-10/h4-9,21H,1-3H3,(H,19,20,23)/t9-/m1/s1. The summed E-state index contributed by atoms with van der Waals surface area (Å²) < 4.78 is 54.2. The van der Waals surface area contributed by atoms with Crippen LogP contribution in [-0.2, 0) is 17.1 Å². The minimum atomic E-state index is -4.22. The Morgan fingerprint density at radius 1 is 1.38 bits per heavy atom. The monoisotopic (exact) mass is 406 g/mol. The van der Waals surface area contributed by atoms with Crippen molar-refractivity contribution in [1.82, 2.24) is 14.3 Å². The van der Waals surface area contributed by atoms with Crippen LogP contribution < -0.4 is 10.0 Å². The highest BCUT2D eigenvalue weighted by atomic mass is 35.5. The Hall–Kier alpha value is -2.04. The van der Waals surface area contributed by atoms with Crippen LogP contribution in [0.4, 0.5) is 14.5 Å². The van der Waals surface area contributed by atoms with Crippen LogP contribution in [0.3, 0.4) is 0 Å². The molecule has 7 nitrogen and oxygen atoms in total. The number of halogens is 3. The van der Waals surface area contributed by atoms with E-state index in [0.717, 1.165) is 19.2 Å². The summed E-state index contributed by atoms with van der Waals surface area (Å²) in [6.45, 7) is 1.67. The van der Waals surface area contributed by atoms with Crippen LogP contribution in [0.1, 0.15) is 24.3 Å². The van der Waals surface area contributed by atoms with E-state index in [4.69, 9.17) is 11.6 Å². The third-order valence-electron chi connectivity index (χ3n) is 3.60. The lowest BCUT2D eigenvalue weighted by molar-refractivity contribution is -0.00488. The fraction of sp³-hybridized carbons (Fsp3) is 0.333. The Bertz CT molecular complexity index is 925. The molecule has 1 atom stereocenters. The minimum absolute atomic E-state index is 0.0224. The molecule has 0 saturated heterocycles. The smallest absolute Gasteiger partial charge is 0.272 e. The molecule has 0 aromatic carbocycles. The molecule has 26 heavy (non-hydrogen) atoms. The highest BCUT2D eigenvalue weighted by molar-refractivity contribution is 7.89. The fourth-order valence-corrected chi connectivity index (χ4v) is 3.53. The summed E-state index contributed by atoms with van der Waals surface area (Å²) in [5.41, 5.74) is 0.396. The van der Waals surface area contributed by atoms with Crippen molar-refractivity contribution in [3.8, 4) is 0 Å². The zero-order valence-corrected chi connectivity index (χ0v) is 15.7. The van der Waals surface area contributed by atoms with Gasteiger partial charge in [0, 0.05) is 32.1 Å². The Kier molecular flexibility index (Phi) is 5.69. The molecule has 0 fully saturated rings. The number of hydrogen-bond donors (Lipinski definition) is 2. The maximum absolute atomic E-state index is 13.2. The van der Waals surface area contributed by atoms with Crippen LogP contribution in [-0.4, -0.2) is 35.8 Å². The van der Waals surface area contributed by atoms with E-state index >= 15 is 0 Å². The van der Waals surface area contributed by atoms with Crippen LogP contribution in [0.25, 0.3) is 0 Å². The molecule has 2 N–H and O–H groups in total.